The van der Waals surface area contributed by atoms with Gasteiger partial charge in [-0.3, -0.25) is 4.98 Å². The van der Waals surface area contributed by atoms with Crippen LogP contribution >= 0.6 is 0 Å². The lowest BCUT2D eigenvalue weighted by Crippen LogP contribution is -1.96. The van der Waals surface area contributed by atoms with Crippen LogP contribution in [0.15, 0.2) is 24.3 Å². The van der Waals surface area contributed by atoms with E-state index in [1.54, 1.807) is 0 Å². The molecule has 1 aromatic heterocycles. The quantitative estimate of drug-likeness (QED) is 0.772. The van der Waals surface area contributed by atoms with E-state index in [9.17, 15) is 0 Å². The van der Waals surface area contributed by atoms with E-state index in [4.69, 9.17) is 5.73 Å². The van der Waals surface area contributed by atoms with Gasteiger partial charge in [0, 0.05) is 11.1 Å². The summed E-state index contributed by atoms with van der Waals surface area (Å²) in [5.74, 6) is 0. The van der Waals surface area contributed by atoms with Gasteiger partial charge in [0.25, 0.3) is 0 Å². The molecule has 0 unspecified atom stereocenters. The van der Waals surface area contributed by atoms with Crippen molar-refractivity contribution in [3.8, 4) is 0 Å². The van der Waals surface area contributed by atoms with Crippen molar-refractivity contribution in [3.05, 3.63) is 35.5 Å². The van der Waals surface area contributed by atoms with Crippen LogP contribution in [0.5, 0.6) is 0 Å². The minimum absolute atomic E-state index is 0.775. The molecule has 0 saturated carbocycles. The zero-order valence-electron chi connectivity index (χ0n) is 13.2. The number of nitrogens with two attached hydrogens (primary N) is 1. The van der Waals surface area contributed by atoms with Crippen LogP contribution in [-0.2, 0) is 12.8 Å². The summed E-state index contributed by atoms with van der Waals surface area (Å²) in [6.07, 6.45) is 1.98. The van der Waals surface area contributed by atoms with Gasteiger partial charge in [-0.2, -0.15) is 0 Å². The van der Waals surface area contributed by atoms with E-state index >= 15 is 0 Å². The zero-order valence-corrected chi connectivity index (χ0v) is 13.2. The predicted molar refractivity (Wildman–Crippen MR) is 87.6 cm³/mol. The van der Waals surface area contributed by atoms with Crippen molar-refractivity contribution in [2.45, 2.75) is 54.4 Å². The number of fused-ring (bicyclic) bond motifs is 1. The van der Waals surface area contributed by atoms with Gasteiger partial charge in [-0.15, -0.1) is 0 Å². The standard InChI is InChI=1S/C13H16N2.2C2H6/c1-3-9-8-10(4-2)15-13-11(9)6-5-7-12(13)14;2*1-2/h5-8H,3-4,14H2,1-2H3;2*1-2H3. The number of hydrogen-bond donors (Lipinski definition) is 1. The summed E-state index contributed by atoms with van der Waals surface area (Å²) in [7, 11) is 0. The number of aryl methyl sites for hydroxylation is 2. The fourth-order valence-electron chi connectivity index (χ4n) is 1.87. The number of anilines is 1. The molecule has 2 rings (SSSR count). The lowest BCUT2D eigenvalue weighted by atomic mass is 10.0. The molecule has 0 spiro atoms. The molecule has 0 radical (unpaired) electrons. The van der Waals surface area contributed by atoms with Crippen LogP contribution in [0, 0.1) is 0 Å². The van der Waals surface area contributed by atoms with Crippen LogP contribution in [0.25, 0.3) is 10.9 Å². The second-order valence-corrected chi connectivity index (χ2v) is 3.72. The Labute approximate surface area is 118 Å². The number of nitrogens with zero attached hydrogens (tertiary/aromatic N) is 1. The fourth-order valence-corrected chi connectivity index (χ4v) is 1.87. The summed E-state index contributed by atoms with van der Waals surface area (Å²) >= 11 is 0. The molecule has 19 heavy (non-hydrogen) atoms. The summed E-state index contributed by atoms with van der Waals surface area (Å²) in [5.41, 5.74) is 10.1. The van der Waals surface area contributed by atoms with E-state index in [1.165, 1.54) is 10.9 Å². The number of benzene rings is 1. The Kier molecular flexibility index (Phi) is 8.60. The van der Waals surface area contributed by atoms with Crippen LogP contribution in [0.3, 0.4) is 0 Å². The second kappa shape index (κ2) is 9.37. The third kappa shape index (κ3) is 4.23. The Hall–Kier alpha value is -1.57. The highest BCUT2D eigenvalue weighted by atomic mass is 14.7. The van der Waals surface area contributed by atoms with Crippen LogP contribution in [0.1, 0.15) is 52.8 Å². The van der Waals surface area contributed by atoms with Crippen molar-refractivity contribution in [3.63, 3.8) is 0 Å². The second-order valence-electron chi connectivity index (χ2n) is 3.72. The van der Waals surface area contributed by atoms with Gasteiger partial charge in [-0.05, 0) is 30.5 Å². The molecule has 2 N–H and O–H groups in total. The largest absolute Gasteiger partial charge is 0.397 e. The van der Waals surface area contributed by atoms with Gasteiger partial charge in [0.2, 0.25) is 0 Å². The summed E-state index contributed by atoms with van der Waals surface area (Å²) in [6, 6.07) is 8.18. The Morgan fingerprint density at radius 2 is 1.63 bits per heavy atom. The molecule has 0 aliphatic rings. The van der Waals surface area contributed by atoms with Crippen LogP contribution < -0.4 is 5.73 Å². The molecule has 2 aromatic rings. The first-order valence-electron chi connectivity index (χ1n) is 7.43. The molecule has 2 nitrogen and oxygen atoms in total. The van der Waals surface area contributed by atoms with Crippen molar-refractivity contribution in [2.75, 3.05) is 5.73 Å². The first-order chi connectivity index (χ1) is 9.26. The van der Waals surface area contributed by atoms with Gasteiger partial charge in [-0.1, -0.05) is 53.7 Å². The molecule has 0 atom stereocenters. The summed E-state index contributed by atoms with van der Waals surface area (Å²) < 4.78 is 0. The number of aromatic nitrogens is 1. The summed E-state index contributed by atoms with van der Waals surface area (Å²) in [6.45, 7) is 12.3. The van der Waals surface area contributed by atoms with Crippen molar-refractivity contribution in [2.24, 2.45) is 0 Å². The van der Waals surface area contributed by atoms with Crippen LogP contribution in [0.2, 0.25) is 0 Å². The van der Waals surface area contributed by atoms with Gasteiger partial charge in [0.1, 0.15) is 0 Å². The molecule has 0 aliphatic heterocycles. The summed E-state index contributed by atoms with van der Waals surface area (Å²) in [5, 5.41) is 1.19. The molecule has 2 heteroatoms. The SMILES string of the molecule is CC.CC.CCc1cc(CC)c2cccc(N)c2n1. The smallest absolute Gasteiger partial charge is 0.0937 e. The molecular formula is C17H28N2. The highest BCUT2D eigenvalue weighted by Crippen LogP contribution is 2.23. The van der Waals surface area contributed by atoms with Crippen molar-refractivity contribution in [1.82, 2.24) is 4.98 Å². The summed E-state index contributed by atoms with van der Waals surface area (Å²) in [4.78, 5) is 4.58. The molecule has 0 amide bonds. The monoisotopic (exact) mass is 260 g/mol. The Bertz CT molecular complexity index is 490. The number of nitrogen functional groups attached to an aromatic ring is 1. The maximum Gasteiger partial charge on any atom is 0.0937 e. The van der Waals surface area contributed by atoms with E-state index in [1.807, 2.05) is 39.8 Å². The Balaban J connectivity index is 0.000000741. The topological polar surface area (TPSA) is 38.9 Å². The highest BCUT2D eigenvalue weighted by molar-refractivity contribution is 5.91. The Morgan fingerprint density at radius 1 is 1.00 bits per heavy atom. The minimum atomic E-state index is 0.775. The highest BCUT2D eigenvalue weighted by Gasteiger charge is 2.05. The number of para-hydroxylation sites is 1. The van der Waals surface area contributed by atoms with Crippen LogP contribution in [-0.4, -0.2) is 4.98 Å². The Morgan fingerprint density at radius 3 is 2.16 bits per heavy atom. The first-order valence-corrected chi connectivity index (χ1v) is 7.43. The molecule has 0 bridgehead atoms. The lowest BCUT2D eigenvalue weighted by molar-refractivity contribution is 1.03. The van der Waals surface area contributed by atoms with Gasteiger partial charge in [-0.25, -0.2) is 0 Å². The molecule has 1 heterocycles. The van der Waals surface area contributed by atoms with Gasteiger partial charge in [0.05, 0.1) is 11.2 Å². The first kappa shape index (κ1) is 17.4. The number of pyridine rings is 1. The van der Waals surface area contributed by atoms with E-state index in [0.717, 1.165) is 29.7 Å². The maximum absolute atomic E-state index is 5.94. The van der Waals surface area contributed by atoms with E-state index < -0.39 is 0 Å². The third-order valence-electron chi connectivity index (χ3n) is 2.75. The fraction of sp³-hybridized carbons (Fsp3) is 0.471. The van der Waals surface area contributed by atoms with Gasteiger partial charge >= 0.3 is 0 Å². The molecule has 106 valence electrons. The van der Waals surface area contributed by atoms with E-state index in [-0.39, 0.29) is 0 Å². The average Bonchev–Trinajstić information content (AvgIpc) is 2.51. The minimum Gasteiger partial charge on any atom is -0.397 e. The molecule has 1 aromatic carbocycles. The van der Waals surface area contributed by atoms with E-state index in [0.29, 0.717) is 0 Å². The number of rotatable bonds is 2. The lowest BCUT2D eigenvalue weighted by Gasteiger charge is -2.08. The third-order valence-corrected chi connectivity index (χ3v) is 2.75. The van der Waals surface area contributed by atoms with Crippen LogP contribution in [0.4, 0.5) is 5.69 Å². The maximum atomic E-state index is 5.94. The normalized spacial score (nSPS) is 9.16. The van der Waals surface area contributed by atoms with Crippen molar-refractivity contribution >= 4 is 16.6 Å². The van der Waals surface area contributed by atoms with Crippen molar-refractivity contribution in [1.29, 1.82) is 0 Å². The average molecular weight is 260 g/mol. The van der Waals surface area contributed by atoms with Gasteiger partial charge < -0.3 is 5.73 Å². The molecule has 0 saturated heterocycles. The van der Waals surface area contributed by atoms with Gasteiger partial charge in [0.15, 0.2) is 0 Å². The zero-order chi connectivity index (χ0) is 14.8. The predicted octanol–water partition coefficient (Wildman–Crippen LogP) is 4.99. The molecule has 0 aliphatic carbocycles. The number of hydrogen-bond acceptors (Lipinski definition) is 2. The van der Waals surface area contributed by atoms with E-state index in [2.05, 4.69) is 31.0 Å². The molecule has 0 fully saturated rings. The molecular weight excluding hydrogens is 232 g/mol. The van der Waals surface area contributed by atoms with Crippen molar-refractivity contribution < 1.29 is 0 Å².